The standard InChI is InChI=1S/C20H30N2O2/c1-17(23)21-12-5-15-24-20-8-4-6-18(16-20)9-10-19-7-2-3-11-22(19)14-13-21/h4,6,8,16,19H,2-3,5,7,9-15H2,1H3. The second-order valence-electron chi connectivity index (χ2n) is 7.08. The summed E-state index contributed by atoms with van der Waals surface area (Å²) in [6.45, 7) is 6.16. The van der Waals surface area contributed by atoms with Crippen LogP contribution in [0.3, 0.4) is 0 Å². The summed E-state index contributed by atoms with van der Waals surface area (Å²) in [5.74, 6) is 1.14. The number of hydrogen-bond donors (Lipinski definition) is 0. The molecule has 2 bridgehead atoms. The van der Waals surface area contributed by atoms with Gasteiger partial charge in [-0.1, -0.05) is 18.6 Å². The van der Waals surface area contributed by atoms with E-state index >= 15 is 0 Å². The average molecular weight is 330 g/mol. The van der Waals surface area contributed by atoms with Gasteiger partial charge in [0.1, 0.15) is 5.75 Å². The average Bonchev–Trinajstić information content (AvgIpc) is 2.59. The van der Waals surface area contributed by atoms with E-state index in [0.29, 0.717) is 12.6 Å². The largest absolute Gasteiger partial charge is 0.494 e. The van der Waals surface area contributed by atoms with Gasteiger partial charge in [-0.25, -0.2) is 0 Å². The van der Waals surface area contributed by atoms with Crippen molar-refractivity contribution in [1.29, 1.82) is 0 Å². The molecule has 1 unspecified atom stereocenters. The van der Waals surface area contributed by atoms with Gasteiger partial charge in [0.2, 0.25) is 5.91 Å². The van der Waals surface area contributed by atoms with E-state index in [2.05, 4.69) is 23.1 Å². The monoisotopic (exact) mass is 330 g/mol. The molecule has 1 aromatic carbocycles. The zero-order valence-electron chi connectivity index (χ0n) is 14.9. The molecular formula is C20H30N2O2. The number of ether oxygens (including phenoxy) is 1. The van der Waals surface area contributed by atoms with E-state index < -0.39 is 0 Å². The van der Waals surface area contributed by atoms with Crippen molar-refractivity contribution in [2.45, 2.75) is 51.5 Å². The Bertz CT molecular complexity index is 546. The van der Waals surface area contributed by atoms with Gasteiger partial charge in [0.25, 0.3) is 0 Å². The lowest BCUT2D eigenvalue weighted by Crippen LogP contribution is -2.45. The van der Waals surface area contributed by atoms with Gasteiger partial charge >= 0.3 is 0 Å². The zero-order chi connectivity index (χ0) is 16.8. The molecule has 0 aromatic heterocycles. The minimum atomic E-state index is 0.178. The summed E-state index contributed by atoms with van der Waals surface area (Å²) in [6.07, 6.45) is 7.10. The van der Waals surface area contributed by atoms with Crippen LogP contribution < -0.4 is 4.74 Å². The molecule has 1 amide bonds. The Hall–Kier alpha value is -1.55. The number of rotatable bonds is 0. The SMILES string of the molecule is CC(=O)N1CCCOc2cccc(c2)CCC2CCCCN2CC1. The number of amides is 1. The number of nitrogens with zero attached hydrogens (tertiary/aromatic N) is 2. The van der Waals surface area contributed by atoms with Crippen LogP contribution in [0.2, 0.25) is 0 Å². The van der Waals surface area contributed by atoms with Crippen LogP contribution in [0.1, 0.15) is 44.6 Å². The van der Waals surface area contributed by atoms with E-state index in [1.54, 1.807) is 6.92 Å². The second kappa shape index (κ2) is 8.52. The highest BCUT2D eigenvalue weighted by Gasteiger charge is 2.23. The summed E-state index contributed by atoms with van der Waals surface area (Å²) in [6, 6.07) is 9.17. The molecule has 3 rings (SSSR count). The lowest BCUT2D eigenvalue weighted by Gasteiger charge is -2.37. The molecule has 132 valence electrons. The van der Waals surface area contributed by atoms with Crippen LogP contribution in [0, 0.1) is 0 Å². The number of fused-ring (bicyclic) bond motifs is 3. The third kappa shape index (κ3) is 4.73. The summed E-state index contributed by atoms with van der Waals surface area (Å²) in [5, 5.41) is 0. The number of piperidine rings is 1. The Kier molecular flexibility index (Phi) is 6.13. The molecule has 0 radical (unpaired) electrons. The van der Waals surface area contributed by atoms with E-state index in [1.165, 1.54) is 37.8 Å². The molecule has 1 aromatic rings. The van der Waals surface area contributed by atoms with Crippen LogP contribution in [-0.2, 0) is 11.2 Å². The van der Waals surface area contributed by atoms with E-state index in [4.69, 9.17) is 4.74 Å². The molecule has 1 fully saturated rings. The lowest BCUT2D eigenvalue weighted by molar-refractivity contribution is -0.129. The third-order valence-corrected chi connectivity index (χ3v) is 5.36. The molecule has 2 heterocycles. The molecule has 0 aliphatic carbocycles. The summed E-state index contributed by atoms with van der Waals surface area (Å²) in [7, 11) is 0. The van der Waals surface area contributed by atoms with Crippen molar-refractivity contribution in [2.24, 2.45) is 0 Å². The van der Waals surface area contributed by atoms with Gasteiger partial charge < -0.3 is 9.64 Å². The van der Waals surface area contributed by atoms with Crippen molar-refractivity contribution < 1.29 is 9.53 Å². The van der Waals surface area contributed by atoms with Gasteiger partial charge in [-0.3, -0.25) is 9.69 Å². The van der Waals surface area contributed by atoms with Crippen LogP contribution in [0.4, 0.5) is 0 Å². The minimum absolute atomic E-state index is 0.178. The van der Waals surface area contributed by atoms with E-state index in [0.717, 1.165) is 38.2 Å². The maximum absolute atomic E-state index is 11.9. The topological polar surface area (TPSA) is 32.8 Å². The normalized spacial score (nSPS) is 23.7. The fraction of sp³-hybridized carbons (Fsp3) is 0.650. The second-order valence-corrected chi connectivity index (χ2v) is 7.08. The summed E-state index contributed by atoms with van der Waals surface area (Å²) in [5.41, 5.74) is 1.38. The molecule has 1 atom stereocenters. The smallest absolute Gasteiger partial charge is 0.219 e. The van der Waals surface area contributed by atoms with E-state index in [1.807, 2.05) is 11.0 Å². The number of benzene rings is 1. The van der Waals surface area contributed by atoms with Gasteiger partial charge in [-0.05, 0) is 56.3 Å². The molecule has 2 aliphatic heterocycles. The van der Waals surface area contributed by atoms with Crippen molar-refractivity contribution in [3.8, 4) is 5.75 Å². The van der Waals surface area contributed by atoms with Crippen molar-refractivity contribution in [3.63, 3.8) is 0 Å². The van der Waals surface area contributed by atoms with Crippen LogP contribution in [0.15, 0.2) is 24.3 Å². The predicted molar refractivity (Wildman–Crippen MR) is 96.3 cm³/mol. The first kappa shape index (κ1) is 17.3. The van der Waals surface area contributed by atoms with Crippen LogP contribution in [0.25, 0.3) is 0 Å². The van der Waals surface area contributed by atoms with Crippen LogP contribution >= 0.6 is 0 Å². The third-order valence-electron chi connectivity index (χ3n) is 5.36. The Morgan fingerprint density at radius 1 is 1.08 bits per heavy atom. The molecular weight excluding hydrogens is 300 g/mol. The summed E-state index contributed by atoms with van der Waals surface area (Å²) in [4.78, 5) is 16.5. The van der Waals surface area contributed by atoms with Gasteiger partial charge in [-0.2, -0.15) is 0 Å². The van der Waals surface area contributed by atoms with E-state index in [9.17, 15) is 4.79 Å². The Balaban J connectivity index is 1.73. The maximum atomic E-state index is 11.9. The Morgan fingerprint density at radius 3 is 2.88 bits per heavy atom. The van der Waals surface area contributed by atoms with Crippen molar-refractivity contribution in [1.82, 2.24) is 9.80 Å². The maximum Gasteiger partial charge on any atom is 0.219 e. The molecule has 2 aliphatic rings. The highest BCUT2D eigenvalue weighted by Crippen LogP contribution is 2.23. The Labute approximate surface area is 145 Å². The van der Waals surface area contributed by atoms with Crippen molar-refractivity contribution >= 4 is 5.91 Å². The molecule has 24 heavy (non-hydrogen) atoms. The quantitative estimate of drug-likeness (QED) is 0.733. The molecule has 4 nitrogen and oxygen atoms in total. The highest BCUT2D eigenvalue weighted by molar-refractivity contribution is 5.73. The molecule has 1 saturated heterocycles. The molecule has 4 heteroatoms. The number of carbonyl (C=O) groups is 1. The van der Waals surface area contributed by atoms with Gasteiger partial charge in [-0.15, -0.1) is 0 Å². The first-order valence-corrected chi connectivity index (χ1v) is 9.44. The van der Waals surface area contributed by atoms with Crippen molar-refractivity contribution in [2.75, 3.05) is 32.8 Å². The van der Waals surface area contributed by atoms with Gasteiger partial charge in [0.05, 0.1) is 6.61 Å². The minimum Gasteiger partial charge on any atom is -0.494 e. The van der Waals surface area contributed by atoms with E-state index in [-0.39, 0.29) is 5.91 Å². The zero-order valence-corrected chi connectivity index (χ0v) is 14.9. The molecule has 0 saturated carbocycles. The fourth-order valence-electron chi connectivity index (χ4n) is 3.93. The fourth-order valence-corrected chi connectivity index (χ4v) is 3.93. The summed E-state index contributed by atoms with van der Waals surface area (Å²) >= 11 is 0. The molecule has 0 N–H and O–H groups in total. The van der Waals surface area contributed by atoms with Crippen molar-refractivity contribution in [3.05, 3.63) is 29.8 Å². The predicted octanol–water partition coefficient (Wildman–Crippen LogP) is 3.10. The number of carbonyl (C=O) groups excluding carboxylic acids is 1. The lowest BCUT2D eigenvalue weighted by atomic mass is 9.95. The van der Waals surface area contributed by atoms with Crippen LogP contribution in [0.5, 0.6) is 5.75 Å². The highest BCUT2D eigenvalue weighted by atomic mass is 16.5. The summed E-state index contributed by atoms with van der Waals surface area (Å²) < 4.78 is 5.88. The van der Waals surface area contributed by atoms with Crippen LogP contribution in [-0.4, -0.2) is 54.5 Å². The Morgan fingerprint density at radius 2 is 2.00 bits per heavy atom. The van der Waals surface area contributed by atoms with Gasteiger partial charge in [0.15, 0.2) is 0 Å². The number of hydrogen-bond acceptors (Lipinski definition) is 3. The first-order valence-electron chi connectivity index (χ1n) is 9.44. The molecule has 0 spiro atoms. The number of aryl methyl sites for hydroxylation is 1. The van der Waals surface area contributed by atoms with Gasteiger partial charge in [0, 0.05) is 32.6 Å². The first-order chi connectivity index (χ1) is 11.7.